The Morgan fingerprint density at radius 2 is 1.33 bits per heavy atom. The Balaban J connectivity index is 0.00000616. The van der Waals surface area contributed by atoms with Crippen molar-refractivity contribution in [3.05, 3.63) is 34.9 Å². The Morgan fingerprint density at radius 3 is 1.88 bits per heavy atom. The Labute approximate surface area is 251 Å². The highest BCUT2D eigenvalue weighted by Gasteiger charge is 2.45. The van der Waals surface area contributed by atoms with Crippen LogP contribution >= 0.6 is 12.4 Å². The van der Waals surface area contributed by atoms with Crippen LogP contribution in [-0.2, 0) is 38.0 Å². The Hall–Kier alpha value is -2.93. The summed E-state index contributed by atoms with van der Waals surface area (Å²) in [6.45, 7) is 5.60. The van der Waals surface area contributed by atoms with Crippen LogP contribution in [0.15, 0.2) is 18.2 Å². The largest absolute Gasteiger partial charge is 0.378 e. The number of carbonyl (C=O) groups is 4. The van der Waals surface area contributed by atoms with Crippen molar-refractivity contribution in [3.8, 4) is 11.8 Å². The van der Waals surface area contributed by atoms with Gasteiger partial charge >= 0.3 is 0 Å². The van der Waals surface area contributed by atoms with E-state index in [9.17, 15) is 19.2 Å². The molecule has 232 valence electrons. The second kappa shape index (κ2) is 20.1. The Bertz CT molecular complexity index is 1110. The average molecular weight is 612 g/mol. The topological polar surface area (TPSA) is 165 Å². The molecule has 0 aromatic heterocycles. The highest BCUT2D eigenvalue weighted by molar-refractivity contribution is 6.24. The summed E-state index contributed by atoms with van der Waals surface area (Å²) in [6.07, 6.45) is 0.153. The molecule has 14 heteroatoms. The summed E-state index contributed by atoms with van der Waals surface area (Å²) in [6, 6.07) is 3.76. The molecule has 0 bridgehead atoms. The third-order valence-corrected chi connectivity index (χ3v) is 5.99. The maximum Gasteiger partial charge on any atom is 0.263 e. The fourth-order valence-corrected chi connectivity index (χ4v) is 4.06. The molecule has 1 atom stereocenters. The molecule has 13 nitrogen and oxygen atoms in total. The van der Waals surface area contributed by atoms with Gasteiger partial charge in [0, 0.05) is 18.5 Å². The number of hydrogen-bond acceptors (Lipinski definition) is 11. The molecule has 4 amide bonds. The summed E-state index contributed by atoms with van der Waals surface area (Å²) >= 11 is 0. The van der Waals surface area contributed by atoms with Crippen molar-refractivity contribution in [2.24, 2.45) is 5.73 Å². The van der Waals surface area contributed by atoms with Gasteiger partial charge in [-0.1, -0.05) is 17.9 Å². The molecule has 3 N–H and O–H groups in total. The number of carbonyl (C=O) groups excluding carboxylic acids is 4. The van der Waals surface area contributed by atoms with Crippen molar-refractivity contribution in [1.29, 1.82) is 0 Å². The van der Waals surface area contributed by atoms with E-state index in [1.807, 2.05) is 0 Å². The maximum atomic E-state index is 13.1. The zero-order valence-electron chi connectivity index (χ0n) is 23.4. The number of nitrogens with two attached hydrogens (primary N) is 1. The van der Waals surface area contributed by atoms with Crippen molar-refractivity contribution in [2.75, 3.05) is 85.8 Å². The van der Waals surface area contributed by atoms with Crippen molar-refractivity contribution >= 4 is 36.0 Å². The molecule has 0 aliphatic carbocycles. The quantitative estimate of drug-likeness (QED) is 0.122. The number of nitrogens with one attached hydrogen (secondary N) is 1. The number of halogens is 1. The number of amides is 4. The van der Waals surface area contributed by atoms with Gasteiger partial charge in [0.2, 0.25) is 11.8 Å². The van der Waals surface area contributed by atoms with E-state index in [1.54, 1.807) is 12.1 Å². The van der Waals surface area contributed by atoms with Gasteiger partial charge in [0.25, 0.3) is 11.8 Å². The molecule has 1 unspecified atom stereocenters. The van der Waals surface area contributed by atoms with Gasteiger partial charge in [-0.25, -0.2) is 0 Å². The summed E-state index contributed by atoms with van der Waals surface area (Å²) in [7, 11) is 0. The van der Waals surface area contributed by atoms with E-state index in [1.165, 1.54) is 6.07 Å². The number of hydrogen-bond donors (Lipinski definition) is 2. The highest BCUT2D eigenvalue weighted by atomic mass is 35.5. The third kappa shape index (κ3) is 11.0. The van der Waals surface area contributed by atoms with Crippen LogP contribution in [0.5, 0.6) is 0 Å². The molecule has 2 aliphatic heterocycles. The highest BCUT2D eigenvalue weighted by Crippen LogP contribution is 2.29. The van der Waals surface area contributed by atoms with Crippen LogP contribution in [0.1, 0.15) is 39.1 Å². The lowest BCUT2D eigenvalue weighted by Gasteiger charge is -2.27. The average Bonchev–Trinajstić information content (AvgIpc) is 3.22. The van der Waals surface area contributed by atoms with Crippen molar-refractivity contribution in [3.63, 3.8) is 0 Å². The first kappa shape index (κ1) is 35.3. The fourth-order valence-electron chi connectivity index (χ4n) is 4.06. The van der Waals surface area contributed by atoms with Gasteiger partial charge in [-0.2, -0.15) is 0 Å². The zero-order valence-corrected chi connectivity index (χ0v) is 24.2. The number of ether oxygens (including phenoxy) is 6. The number of piperidine rings is 1. The van der Waals surface area contributed by atoms with Crippen LogP contribution < -0.4 is 11.1 Å². The minimum Gasteiger partial charge on any atom is -0.378 e. The van der Waals surface area contributed by atoms with Crippen LogP contribution in [0.2, 0.25) is 0 Å². The Kier molecular flexibility index (Phi) is 16.8. The number of imide groups is 2. The normalized spacial score (nSPS) is 16.1. The zero-order chi connectivity index (χ0) is 29.3. The van der Waals surface area contributed by atoms with Gasteiger partial charge in [0.1, 0.15) is 12.6 Å². The van der Waals surface area contributed by atoms with E-state index in [2.05, 4.69) is 17.2 Å². The fraction of sp³-hybridized carbons (Fsp3) is 0.571. The van der Waals surface area contributed by atoms with E-state index >= 15 is 0 Å². The lowest BCUT2D eigenvalue weighted by molar-refractivity contribution is -0.136. The van der Waals surface area contributed by atoms with Crippen LogP contribution in [0.3, 0.4) is 0 Å². The molecular weight excluding hydrogens is 574 g/mol. The first-order chi connectivity index (χ1) is 20.0. The van der Waals surface area contributed by atoms with Crippen LogP contribution in [0, 0.1) is 11.8 Å². The predicted molar refractivity (Wildman–Crippen MR) is 151 cm³/mol. The molecule has 3 rings (SSSR count). The number of nitrogens with zero attached hydrogens (tertiary/aromatic N) is 1. The van der Waals surface area contributed by atoms with Crippen LogP contribution in [0.4, 0.5) is 0 Å². The first-order valence-electron chi connectivity index (χ1n) is 13.5. The van der Waals surface area contributed by atoms with Crippen LogP contribution in [-0.4, -0.2) is 120 Å². The van der Waals surface area contributed by atoms with E-state index in [0.29, 0.717) is 84.8 Å². The minimum atomic E-state index is -1.02. The molecule has 1 fully saturated rings. The van der Waals surface area contributed by atoms with Gasteiger partial charge in [0.05, 0.1) is 83.8 Å². The maximum absolute atomic E-state index is 13.1. The molecule has 0 saturated carbocycles. The monoisotopic (exact) mass is 611 g/mol. The van der Waals surface area contributed by atoms with Crippen molar-refractivity contribution in [1.82, 2.24) is 10.2 Å². The van der Waals surface area contributed by atoms with Gasteiger partial charge in [-0.05, 0) is 18.6 Å². The lowest BCUT2D eigenvalue weighted by Crippen LogP contribution is -2.54. The lowest BCUT2D eigenvalue weighted by atomic mass is 10.0. The second-order valence-electron chi connectivity index (χ2n) is 8.88. The number of rotatable bonds is 19. The number of benzene rings is 1. The summed E-state index contributed by atoms with van der Waals surface area (Å²) in [4.78, 5) is 50.5. The Morgan fingerprint density at radius 1 is 0.786 bits per heavy atom. The van der Waals surface area contributed by atoms with E-state index in [-0.39, 0.29) is 43.0 Å². The van der Waals surface area contributed by atoms with Crippen molar-refractivity contribution in [2.45, 2.75) is 18.9 Å². The molecule has 1 saturated heterocycles. The molecule has 42 heavy (non-hydrogen) atoms. The first-order valence-corrected chi connectivity index (χ1v) is 13.5. The molecule has 1 aromatic carbocycles. The standard InChI is InChI=1S/C28H37N3O10.ClH/c29-8-10-37-12-14-39-16-18-41-20-19-40-17-15-38-13-11-36-9-2-4-21-3-1-5-22-25(21)28(35)31(27(22)34)23-6-7-24(32)30-26(23)33;/h1,3,5,23H,6-20,29H2,(H,30,32,33);1H. The predicted octanol–water partition coefficient (Wildman–Crippen LogP) is -0.0806. The molecule has 2 aliphatic rings. The molecular formula is C28H38ClN3O10. The third-order valence-electron chi connectivity index (χ3n) is 5.99. The van der Waals surface area contributed by atoms with Gasteiger partial charge in [0.15, 0.2) is 0 Å². The SMILES string of the molecule is Cl.NCCOCCOCCOCCOCCOCCOCC#Cc1cccc2c1C(=O)N(C1CCC(=O)NC1=O)C2=O. The summed E-state index contributed by atoms with van der Waals surface area (Å²) in [5.74, 6) is 3.47. The molecule has 1 aromatic rings. The van der Waals surface area contributed by atoms with Gasteiger partial charge in [-0.15, -0.1) is 12.4 Å². The molecule has 2 heterocycles. The van der Waals surface area contributed by atoms with Gasteiger partial charge < -0.3 is 34.2 Å². The minimum absolute atomic E-state index is 0. The van der Waals surface area contributed by atoms with Crippen LogP contribution in [0.25, 0.3) is 0 Å². The number of fused-ring (bicyclic) bond motifs is 1. The van der Waals surface area contributed by atoms with Gasteiger partial charge in [-0.3, -0.25) is 29.4 Å². The molecule has 0 radical (unpaired) electrons. The second-order valence-corrected chi connectivity index (χ2v) is 8.88. The van der Waals surface area contributed by atoms with E-state index in [0.717, 1.165) is 4.90 Å². The summed E-state index contributed by atoms with van der Waals surface area (Å²) < 4.78 is 32.3. The summed E-state index contributed by atoms with van der Waals surface area (Å²) in [5.41, 5.74) is 6.03. The van der Waals surface area contributed by atoms with Crippen molar-refractivity contribution < 1.29 is 47.6 Å². The molecule has 0 spiro atoms. The smallest absolute Gasteiger partial charge is 0.263 e. The van der Waals surface area contributed by atoms with E-state index in [4.69, 9.17) is 34.2 Å². The summed E-state index contributed by atoms with van der Waals surface area (Å²) in [5, 5.41) is 2.18. The van der Waals surface area contributed by atoms with E-state index < -0.39 is 29.7 Å².